The molecule has 1 N–H and O–H groups in total. The lowest BCUT2D eigenvalue weighted by Gasteiger charge is -2.16. The molecule has 1 aromatic carbocycles. The summed E-state index contributed by atoms with van der Waals surface area (Å²) in [6.07, 6.45) is 3.43. The largest absolute Gasteiger partial charge is 0.497 e. The van der Waals surface area contributed by atoms with E-state index < -0.39 is 0 Å². The van der Waals surface area contributed by atoms with Gasteiger partial charge in [0.05, 0.1) is 7.11 Å². The van der Waals surface area contributed by atoms with Crippen LogP contribution in [0, 0.1) is 0 Å². The van der Waals surface area contributed by atoms with Gasteiger partial charge in [0.2, 0.25) is 0 Å². The maximum absolute atomic E-state index is 5.23. The Morgan fingerprint density at radius 2 is 2.12 bits per heavy atom. The van der Waals surface area contributed by atoms with E-state index in [1.165, 1.54) is 12.0 Å². The van der Waals surface area contributed by atoms with Crippen LogP contribution >= 0.6 is 0 Å². The second-order valence-electron chi connectivity index (χ2n) is 4.11. The summed E-state index contributed by atoms with van der Waals surface area (Å²) >= 11 is 0. The zero-order chi connectivity index (χ0) is 11.8. The molecule has 2 heteroatoms. The standard InChI is InChI=1S/C14H23NO/c1-4-9-15-13(5-2)10-12-7-6-8-14(11-12)16-3/h6-8,11,13,15H,4-5,9-10H2,1-3H3. The molecule has 0 fully saturated rings. The zero-order valence-corrected chi connectivity index (χ0v) is 10.6. The minimum Gasteiger partial charge on any atom is -0.497 e. The van der Waals surface area contributed by atoms with Gasteiger partial charge < -0.3 is 10.1 Å². The number of methoxy groups -OCH3 is 1. The molecule has 0 aromatic heterocycles. The Hall–Kier alpha value is -1.02. The average Bonchev–Trinajstić information content (AvgIpc) is 2.34. The molecule has 1 rings (SSSR count). The second-order valence-corrected chi connectivity index (χ2v) is 4.11. The molecule has 0 aliphatic rings. The molecule has 0 bridgehead atoms. The Kier molecular flexibility index (Phi) is 5.94. The Balaban J connectivity index is 2.55. The molecule has 2 nitrogen and oxygen atoms in total. The molecule has 16 heavy (non-hydrogen) atoms. The predicted octanol–water partition coefficient (Wildman–Crippen LogP) is 3.02. The molecule has 90 valence electrons. The molecule has 0 aliphatic heterocycles. The van der Waals surface area contributed by atoms with Gasteiger partial charge in [-0.25, -0.2) is 0 Å². The topological polar surface area (TPSA) is 21.3 Å². The molecule has 0 amide bonds. The van der Waals surface area contributed by atoms with Gasteiger partial charge in [-0.2, -0.15) is 0 Å². The van der Waals surface area contributed by atoms with Crippen molar-refractivity contribution in [1.29, 1.82) is 0 Å². The molecule has 0 heterocycles. The van der Waals surface area contributed by atoms with E-state index in [2.05, 4.69) is 37.4 Å². The number of ether oxygens (including phenoxy) is 1. The lowest BCUT2D eigenvalue weighted by atomic mass is 10.0. The number of hydrogen-bond acceptors (Lipinski definition) is 2. The molecular formula is C14H23NO. The molecule has 0 saturated heterocycles. The summed E-state index contributed by atoms with van der Waals surface area (Å²) in [7, 11) is 1.71. The summed E-state index contributed by atoms with van der Waals surface area (Å²) in [5, 5.41) is 3.56. The number of rotatable bonds is 7. The quantitative estimate of drug-likeness (QED) is 0.764. The zero-order valence-electron chi connectivity index (χ0n) is 10.6. The van der Waals surface area contributed by atoms with E-state index in [0.717, 1.165) is 25.1 Å². The van der Waals surface area contributed by atoms with Crippen LogP contribution in [0.15, 0.2) is 24.3 Å². The van der Waals surface area contributed by atoms with Crippen LogP contribution in [0.3, 0.4) is 0 Å². The van der Waals surface area contributed by atoms with E-state index in [-0.39, 0.29) is 0 Å². The smallest absolute Gasteiger partial charge is 0.119 e. The normalized spacial score (nSPS) is 12.4. The molecule has 0 spiro atoms. The van der Waals surface area contributed by atoms with E-state index in [4.69, 9.17) is 4.74 Å². The summed E-state index contributed by atoms with van der Waals surface area (Å²) in [6, 6.07) is 8.91. The molecule has 0 radical (unpaired) electrons. The predicted molar refractivity (Wildman–Crippen MR) is 69.1 cm³/mol. The summed E-state index contributed by atoms with van der Waals surface area (Å²) < 4.78 is 5.23. The maximum Gasteiger partial charge on any atom is 0.119 e. The Morgan fingerprint density at radius 1 is 1.31 bits per heavy atom. The van der Waals surface area contributed by atoms with Crippen molar-refractivity contribution < 1.29 is 4.74 Å². The first-order valence-corrected chi connectivity index (χ1v) is 6.16. The van der Waals surface area contributed by atoms with Crippen molar-refractivity contribution in [2.75, 3.05) is 13.7 Å². The average molecular weight is 221 g/mol. The van der Waals surface area contributed by atoms with Crippen LogP contribution in [-0.4, -0.2) is 19.7 Å². The third-order valence-corrected chi connectivity index (χ3v) is 2.79. The van der Waals surface area contributed by atoms with E-state index >= 15 is 0 Å². The van der Waals surface area contributed by atoms with Gasteiger partial charge in [0.15, 0.2) is 0 Å². The van der Waals surface area contributed by atoms with Crippen molar-refractivity contribution in [1.82, 2.24) is 5.32 Å². The summed E-state index contributed by atoms with van der Waals surface area (Å²) in [5.41, 5.74) is 1.34. The van der Waals surface area contributed by atoms with Crippen molar-refractivity contribution in [3.05, 3.63) is 29.8 Å². The van der Waals surface area contributed by atoms with Crippen molar-refractivity contribution in [2.24, 2.45) is 0 Å². The summed E-state index contributed by atoms with van der Waals surface area (Å²) in [6.45, 7) is 5.53. The molecule has 1 aromatic rings. The van der Waals surface area contributed by atoms with Crippen LogP contribution in [0.25, 0.3) is 0 Å². The highest BCUT2D eigenvalue weighted by Gasteiger charge is 2.06. The van der Waals surface area contributed by atoms with Crippen molar-refractivity contribution >= 4 is 0 Å². The highest BCUT2D eigenvalue weighted by molar-refractivity contribution is 5.28. The van der Waals surface area contributed by atoms with E-state index in [0.29, 0.717) is 6.04 Å². The number of benzene rings is 1. The monoisotopic (exact) mass is 221 g/mol. The van der Waals surface area contributed by atoms with Gasteiger partial charge in [0, 0.05) is 6.04 Å². The SMILES string of the molecule is CCCNC(CC)Cc1cccc(OC)c1. The van der Waals surface area contributed by atoms with Gasteiger partial charge in [0.25, 0.3) is 0 Å². The third-order valence-electron chi connectivity index (χ3n) is 2.79. The van der Waals surface area contributed by atoms with Gasteiger partial charge in [-0.1, -0.05) is 26.0 Å². The highest BCUT2D eigenvalue weighted by Crippen LogP contribution is 2.14. The van der Waals surface area contributed by atoms with Gasteiger partial charge in [-0.05, 0) is 43.5 Å². The van der Waals surface area contributed by atoms with Crippen LogP contribution in [-0.2, 0) is 6.42 Å². The molecular weight excluding hydrogens is 198 g/mol. The van der Waals surface area contributed by atoms with Crippen LogP contribution in [0.4, 0.5) is 0 Å². The van der Waals surface area contributed by atoms with Crippen molar-refractivity contribution in [3.8, 4) is 5.75 Å². The first-order valence-electron chi connectivity index (χ1n) is 6.16. The molecule has 0 saturated carbocycles. The fourth-order valence-corrected chi connectivity index (χ4v) is 1.79. The minimum absolute atomic E-state index is 0.576. The first kappa shape index (κ1) is 13.0. The van der Waals surface area contributed by atoms with Crippen LogP contribution < -0.4 is 10.1 Å². The van der Waals surface area contributed by atoms with Gasteiger partial charge in [-0.15, -0.1) is 0 Å². The van der Waals surface area contributed by atoms with E-state index in [1.54, 1.807) is 7.11 Å². The molecule has 1 unspecified atom stereocenters. The van der Waals surface area contributed by atoms with Crippen molar-refractivity contribution in [3.63, 3.8) is 0 Å². The first-order chi connectivity index (χ1) is 7.80. The van der Waals surface area contributed by atoms with Crippen LogP contribution in [0.1, 0.15) is 32.3 Å². The Labute approximate surface area is 99.0 Å². The number of nitrogens with one attached hydrogen (secondary N) is 1. The minimum atomic E-state index is 0.576. The lowest BCUT2D eigenvalue weighted by molar-refractivity contribution is 0.413. The van der Waals surface area contributed by atoms with Crippen LogP contribution in [0.5, 0.6) is 5.75 Å². The van der Waals surface area contributed by atoms with Crippen molar-refractivity contribution in [2.45, 2.75) is 39.2 Å². The third kappa shape index (κ3) is 4.23. The number of hydrogen-bond donors (Lipinski definition) is 1. The highest BCUT2D eigenvalue weighted by atomic mass is 16.5. The van der Waals surface area contributed by atoms with Crippen LogP contribution in [0.2, 0.25) is 0 Å². The van der Waals surface area contributed by atoms with Gasteiger partial charge >= 0.3 is 0 Å². The Morgan fingerprint density at radius 3 is 2.75 bits per heavy atom. The molecule has 0 aliphatic carbocycles. The van der Waals surface area contributed by atoms with Gasteiger partial charge in [-0.3, -0.25) is 0 Å². The fraction of sp³-hybridized carbons (Fsp3) is 0.571. The van der Waals surface area contributed by atoms with E-state index in [1.807, 2.05) is 6.07 Å². The molecule has 1 atom stereocenters. The second kappa shape index (κ2) is 7.29. The fourth-order valence-electron chi connectivity index (χ4n) is 1.79. The summed E-state index contributed by atoms with van der Waals surface area (Å²) in [5.74, 6) is 0.947. The van der Waals surface area contributed by atoms with Gasteiger partial charge in [0.1, 0.15) is 5.75 Å². The lowest BCUT2D eigenvalue weighted by Crippen LogP contribution is -2.31. The Bertz CT molecular complexity index is 299. The van der Waals surface area contributed by atoms with E-state index in [9.17, 15) is 0 Å². The maximum atomic E-state index is 5.23. The summed E-state index contributed by atoms with van der Waals surface area (Å²) in [4.78, 5) is 0.